The molecule has 18 heavy (non-hydrogen) atoms. The van der Waals surface area contributed by atoms with E-state index in [1.165, 1.54) is 0 Å². The van der Waals surface area contributed by atoms with Gasteiger partial charge in [-0.25, -0.2) is 9.50 Å². The summed E-state index contributed by atoms with van der Waals surface area (Å²) in [5.41, 5.74) is 2.03. The Labute approximate surface area is 107 Å². The number of fused-ring (bicyclic) bond motifs is 1. The molecule has 5 nitrogen and oxygen atoms in total. The van der Waals surface area contributed by atoms with Crippen LogP contribution in [-0.4, -0.2) is 39.4 Å². The first-order chi connectivity index (χ1) is 8.54. The van der Waals surface area contributed by atoms with Crippen molar-refractivity contribution in [1.29, 1.82) is 0 Å². The van der Waals surface area contributed by atoms with Gasteiger partial charge >= 0.3 is 0 Å². The molecule has 0 bridgehead atoms. The van der Waals surface area contributed by atoms with Crippen molar-refractivity contribution in [1.82, 2.24) is 14.6 Å². The number of aliphatic hydroxyl groups is 1. The third kappa shape index (κ3) is 2.18. The molecule has 1 N–H and O–H groups in total. The van der Waals surface area contributed by atoms with Crippen LogP contribution in [0.3, 0.4) is 0 Å². The zero-order chi connectivity index (χ0) is 13.3. The lowest BCUT2D eigenvalue weighted by Gasteiger charge is -2.24. The van der Waals surface area contributed by atoms with E-state index < -0.39 is 0 Å². The zero-order valence-electron chi connectivity index (χ0n) is 11.3. The van der Waals surface area contributed by atoms with Crippen LogP contribution >= 0.6 is 0 Å². The monoisotopic (exact) mass is 248 g/mol. The van der Waals surface area contributed by atoms with Gasteiger partial charge in [-0.3, -0.25) is 0 Å². The van der Waals surface area contributed by atoms with E-state index in [2.05, 4.69) is 30.0 Å². The molecular formula is C13H20N4O. The Hall–Kier alpha value is -1.62. The summed E-state index contributed by atoms with van der Waals surface area (Å²) in [7, 11) is 1.94. The lowest BCUT2D eigenvalue weighted by Crippen LogP contribution is -2.32. The van der Waals surface area contributed by atoms with Gasteiger partial charge in [0.2, 0.25) is 0 Å². The summed E-state index contributed by atoms with van der Waals surface area (Å²) < 4.78 is 1.85. The number of anilines is 1. The predicted octanol–water partition coefficient (Wildman–Crippen LogP) is 1.67. The molecule has 0 aliphatic rings. The molecule has 0 aliphatic carbocycles. The maximum atomic E-state index is 9.24. The number of aliphatic hydroxyl groups excluding tert-OH is 1. The smallest absolute Gasteiger partial charge is 0.154 e. The minimum atomic E-state index is 0.0288. The molecule has 0 radical (unpaired) electrons. The van der Waals surface area contributed by atoms with Crippen molar-refractivity contribution < 1.29 is 5.11 Å². The first kappa shape index (κ1) is 12.8. The van der Waals surface area contributed by atoms with Crippen LogP contribution in [0, 0.1) is 0 Å². The molecule has 2 heterocycles. The van der Waals surface area contributed by atoms with E-state index in [1.54, 1.807) is 6.20 Å². The summed E-state index contributed by atoms with van der Waals surface area (Å²) in [4.78, 5) is 6.38. The number of hydrogen-bond donors (Lipinski definition) is 1. The van der Waals surface area contributed by atoms with Crippen molar-refractivity contribution in [2.75, 3.05) is 18.6 Å². The molecule has 2 aromatic rings. The van der Waals surface area contributed by atoms with Crippen LogP contribution in [0.15, 0.2) is 18.5 Å². The van der Waals surface area contributed by atoms with Crippen molar-refractivity contribution >= 4 is 11.3 Å². The standard InChI is InChI=1S/C13H20N4O/c1-9(2)11-7-12-13(16(4)10(3)8-18)14-5-6-17(12)15-11/h5-7,9-10,18H,8H2,1-4H3. The normalized spacial score (nSPS) is 13.2. The molecule has 0 saturated heterocycles. The molecule has 0 spiro atoms. The molecular weight excluding hydrogens is 228 g/mol. The van der Waals surface area contributed by atoms with Crippen molar-refractivity contribution in [3.63, 3.8) is 0 Å². The number of nitrogens with zero attached hydrogens (tertiary/aromatic N) is 4. The van der Waals surface area contributed by atoms with Crippen LogP contribution in [0.4, 0.5) is 5.82 Å². The van der Waals surface area contributed by atoms with Crippen LogP contribution in [0.2, 0.25) is 0 Å². The maximum Gasteiger partial charge on any atom is 0.154 e. The van der Waals surface area contributed by atoms with E-state index in [-0.39, 0.29) is 12.6 Å². The highest BCUT2D eigenvalue weighted by atomic mass is 16.3. The molecule has 2 rings (SSSR count). The van der Waals surface area contributed by atoms with E-state index in [0.29, 0.717) is 5.92 Å². The Morgan fingerprint density at radius 2 is 2.11 bits per heavy atom. The number of aromatic nitrogens is 3. The summed E-state index contributed by atoms with van der Waals surface area (Å²) in [5, 5.41) is 13.8. The molecule has 5 heteroatoms. The van der Waals surface area contributed by atoms with Crippen molar-refractivity contribution in [2.45, 2.75) is 32.7 Å². The molecule has 98 valence electrons. The summed E-state index contributed by atoms with van der Waals surface area (Å²) >= 11 is 0. The summed E-state index contributed by atoms with van der Waals surface area (Å²) in [6.45, 7) is 6.30. The number of hydrogen-bond acceptors (Lipinski definition) is 4. The summed E-state index contributed by atoms with van der Waals surface area (Å²) in [6, 6.07) is 2.09. The largest absolute Gasteiger partial charge is 0.394 e. The Morgan fingerprint density at radius 1 is 1.39 bits per heavy atom. The molecule has 0 amide bonds. The second-order valence-corrected chi connectivity index (χ2v) is 4.95. The topological polar surface area (TPSA) is 53.7 Å². The van der Waals surface area contributed by atoms with E-state index >= 15 is 0 Å². The van der Waals surface area contributed by atoms with Gasteiger partial charge in [-0.05, 0) is 18.9 Å². The van der Waals surface area contributed by atoms with Gasteiger partial charge in [-0.2, -0.15) is 5.10 Å². The van der Waals surface area contributed by atoms with E-state index in [1.807, 2.05) is 29.6 Å². The van der Waals surface area contributed by atoms with Gasteiger partial charge < -0.3 is 10.0 Å². The van der Waals surface area contributed by atoms with Gasteiger partial charge in [-0.1, -0.05) is 13.8 Å². The molecule has 1 atom stereocenters. The van der Waals surface area contributed by atoms with E-state index in [0.717, 1.165) is 17.0 Å². The van der Waals surface area contributed by atoms with Gasteiger partial charge in [0.15, 0.2) is 5.82 Å². The van der Waals surface area contributed by atoms with Gasteiger partial charge in [-0.15, -0.1) is 0 Å². The van der Waals surface area contributed by atoms with Crippen molar-refractivity contribution in [2.24, 2.45) is 0 Å². The molecule has 1 unspecified atom stereocenters. The average molecular weight is 248 g/mol. The highest BCUT2D eigenvalue weighted by molar-refractivity contribution is 5.69. The third-order valence-electron chi connectivity index (χ3n) is 3.24. The fraction of sp³-hybridized carbons (Fsp3) is 0.538. The Morgan fingerprint density at radius 3 is 2.72 bits per heavy atom. The first-order valence-corrected chi connectivity index (χ1v) is 6.22. The van der Waals surface area contributed by atoms with Crippen LogP contribution in [0.25, 0.3) is 5.52 Å². The molecule has 0 saturated carbocycles. The van der Waals surface area contributed by atoms with Gasteiger partial charge in [0, 0.05) is 19.4 Å². The third-order valence-corrected chi connectivity index (χ3v) is 3.24. The Kier molecular flexibility index (Phi) is 3.52. The lowest BCUT2D eigenvalue weighted by molar-refractivity contribution is 0.270. The van der Waals surface area contributed by atoms with Crippen LogP contribution in [0.1, 0.15) is 32.4 Å². The summed E-state index contributed by atoms with van der Waals surface area (Å²) in [5.74, 6) is 1.23. The fourth-order valence-electron chi connectivity index (χ4n) is 1.81. The molecule has 0 aromatic carbocycles. The van der Waals surface area contributed by atoms with Crippen LogP contribution in [0.5, 0.6) is 0 Å². The highest BCUT2D eigenvalue weighted by Crippen LogP contribution is 2.23. The molecule has 0 aliphatic heterocycles. The predicted molar refractivity (Wildman–Crippen MR) is 72.0 cm³/mol. The maximum absolute atomic E-state index is 9.24. The number of rotatable bonds is 4. The average Bonchev–Trinajstić information content (AvgIpc) is 2.80. The lowest BCUT2D eigenvalue weighted by atomic mass is 10.1. The second-order valence-electron chi connectivity index (χ2n) is 4.95. The minimum Gasteiger partial charge on any atom is -0.394 e. The first-order valence-electron chi connectivity index (χ1n) is 6.22. The Balaban J connectivity index is 2.50. The fourth-order valence-corrected chi connectivity index (χ4v) is 1.81. The second kappa shape index (κ2) is 4.94. The molecule has 2 aromatic heterocycles. The Bertz CT molecular complexity index is 535. The molecule has 0 fully saturated rings. The SMILES string of the molecule is CC(C)c1cc2c(N(C)C(C)CO)nccn2n1. The quantitative estimate of drug-likeness (QED) is 0.894. The number of likely N-dealkylation sites (N-methyl/N-ethyl adjacent to an activating group) is 1. The highest BCUT2D eigenvalue weighted by Gasteiger charge is 2.15. The van der Waals surface area contributed by atoms with E-state index in [9.17, 15) is 5.11 Å². The summed E-state index contributed by atoms with van der Waals surface area (Å²) in [6.07, 6.45) is 3.59. The van der Waals surface area contributed by atoms with E-state index in [4.69, 9.17) is 0 Å². The van der Waals surface area contributed by atoms with Gasteiger partial charge in [0.1, 0.15) is 5.52 Å². The van der Waals surface area contributed by atoms with Crippen molar-refractivity contribution in [3.8, 4) is 0 Å². The van der Waals surface area contributed by atoms with Gasteiger partial charge in [0.05, 0.1) is 18.3 Å². The zero-order valence-corrected chi connectivity index (χ0v) is 11.3. The van der Waals surface area contributed by atoms with Crippen LogP contribution in [-0.2, 0) is 0 Å². The minimum absolute atomic E-state index is 0.0288. The van der Waals surface area contributed by atoms with Crippen LogP contribution < -0.4 is 4.90 Å². The van der Waals surface area contributed by atoms with Gasteiger partial charge in [0.25, 0.3) is 0 Å². The van der Waals surface area contributed by atoms with Crippen molar-refractivity contribution in [3.05, 3.63) is 24.2 Å².